The van der Waals surface area contributed by atoms with Gasteiger partial charge >= 0.3 is 0 Å². The van der Waals surface area contributed by atoms with Gasteiger partial charge in [-0.25, -0.2) is 0 Å². The van der Waals surface area contributed by atoms with E-state index in [1.165, 1.54) is 31.2 Å². The average molecular weight is 372 g/mol. The fourth-order valence-electron chi connectivity index (χ4n) is 4.57. The maximum absolute atomic E-state index is 12.4. The quantitative estimate of drug-likeness (QED) is 0.835. The smallest absolute Gasteiger partial charge is 0.224 e. The third-order valence-electron chi connectivity index (χ3n) is 6.36. The second-order valence-corrected chi connectivity index (χ2v) is 8.48. The summed E-state index contributed by atoms with van der Waals surface area (Å²) in [7, 11) is 1.72. The van der Waals surface area contributed by atoms with E-state index >= 15 is 0 Å². The molecule has 0 radical (unpaired) electrons. The molecule has 0 aromatic heterocycles. The van der Waals surface area contributed by atoms with Crippen molar-refractivity contribution in [1.29, 1.82) is 0 Å². The van der Waals surface area contributed by atoms with Gasteiger partial charge in [0.25, 0.3) is 0 Å². The molecule has 5 nitrogen and oxygen atoms in total. The summed E-state index contributed by atoms with van der Waals surface area (Å²) in [6.45, 7) is 5.39. The Balaban J connectivity index is 1.25. The lowest BCUT2D eigenvalue weighted by atomic mass is 9.93. The SMILES string of the molecule is COc1cccc(CN2CCC(N3CCCC(C(=O)NC4CC4)C3)CC2)c1. The second kappa shape index (κ2) is 8.61. The lowest BCUT2D eigenvalue weighted by Gasteiger charge is -2.42. The van der Waals surface area contributed by atoms with Crippen LogP contribution >= 0.6 is 0 Å². The summed E-state index contributed by atoms with van der Waals surface area (Å²) in [5, 5.41) is 3.21. The van der Waals surface area contributed by atoms with Crippen LogP contribution in [0, 0.1) is 5.92 Å². The highest BCUT2D eigenvalue weighted by Crippen LogP contribution is 2.26. The van der Waals surface area contributed by atoms with Crippen LogP contribution in [-0.2, 0) is 11.3 Å². The molecule has 4 rings (SSSR count). The number of rotatable bonds is 6. The molecule has 2 saturated heterocycles. The monoisotopic (exact) mass is 371 g/mol. The topological polar surface area (TPSA) is 44.8 Å². The van der Waals surface area contributed by atoms with Crippen LogP contribution < -0.4 is 10.1 Å². The zero-order valence-electron chi connectivity index (χ0n) is 16.5. The number of nitrogens with one attached hydrogen (secondary N) is 1. The number of benzene rings is 1. The molecule has 148 valence electrons. The number of piperidine rings is 2. The van der Waals surface area contributed by atoms with Crippen molar-refractivity contribution in [3.8, 4) is 5.75 Å². The Morgan fingerprint density at radius 2 is 1.96 bits per heavy atom. The van der Waals surface area contributed by atoms with Crippen molar-refractivity contribution < 1.29 is 9.53 Å². The highest BCUT2D eigenvalue weighted by Gasteiger charge is 2.33. The van der Waals surface area contributed by atoms with E-state index in [0.29, 0.717) is 18.0 Å². The highest BCUT2D eigenvalue weighted by molar-refractivity contribution is 5.79. The molecule has 2 heterocycles. The Morgan fingerprint density at radius 3 is 2.70 bits per heavy atom. The zero-order chi connectivity index (χ0) is 18.6. The molecule has 1 unspecified atom stereocenters. The van der Waals surface area contributed by atoms with Gasteiger partial charge in [0.05, 0.1) is 13.0 Å². The Labute approximate surface area is 163 Å². The minimum Gasteiger partial charge on any atom is -0.497 e. The molecular formula is C22H33N3O2. The maximum atomic E-state index is 12.4. The Hall–Kier alpha value is -1.59. The normalized spacial score (nSPS) is 25.3. The molecule has 3 aliphatic rings. The van der Waals surface area contributed by atoms with Crippen molar-refractivity contribution >= 4 is 5.91 Å². The number of likely N-dealkylation sites (tertiary alicyclic amines) is 2. The van der Waals surface area contributed by atoms with Gasteiger partial charge in [-0.3, -0.25) is 14.6 Å². The van der Waals surface area contributed by atoms with E-state index < -0.39 is 0 Å². The summed E-state index contributed by atoms with van der Waals surface area (Å²) in [5.41, 5.74) is 1.32. The Bertz CT molecular complexity index is 638. The van der Waals surface area contributed by atoms with E-state index in [2.05, 4.69) is 33.3 Å². The summed E-state index contributed by atoms with van der Waals surface area (Å²) >= 11 is 0. The molecule has 1 N–H and O–H groups in total. The molecular weight excluding hydrogens is 338 g/mol. The van der Waals surface area contributed by atoms with Gasteiger partial charge in [0, 0.05) is 25.2 Å². The summed E-state index contributed by atoms with van der Waals surface area (Å²) in [5.74, 6) is 1.44. The third-order valence-corrected chi connectivity index (χ3v) is 6.36. The molecule has 3 fully saturated rings. The maximum Gasteiger partial charge on any atom is 0.224 e. The van der Waals surface area contributed by atoms with Crippen LogP contribution in [0.1, 0.15) is 44.1 Å². The van der Waals surface area contributed by atoms with E-state index in [1.807, 2.05) is 6.07 Å². The molecule has 27 heavy (non-hydrogen) atoms. The number of hydrogen-bond acceptors (Lipinski definition) is 4. The van der Waals surface area contributed by atoms with Crippen molar-refractivity contribution in [3.63, 3.8) is 0 Å². The first-order valence-electron chi connectivity index (χ1n) is 10.6. The van der Waals surface area contributed by atoms with E-state index in [-0.39, 0.29) is 5.92 Å². The lowest BCUT2D eigenvalue weighted by molar-refractivity contribution is -0.127. The molecule has 0 bridgehead atoms. The predicted octanol–water partition coefficient (Wildman–Crippen LogP) is 2.65. The largest absolute Gasteiger partial charge is 0.497 e. The van der Waals surface area contributed by atoms with Gasteiger partial charge in [0.1, 0.15) is 5.75 Å². The average Bonchev–Trinajstić information content (AvgIpc) is 3.53. The summed E-state index contributed by atoms with van der Waals surface area (Å²) in [6.07, 6.45) is 6.99. The molecule has 1 amide bonds. The van der Waals surface area contributed by atoms with Crippen LogP contribution in [0.2, 0.25) is 0 Å². The van der Waals surface area contributed by atoms with Gasteiger partial charge in [-0.15, -0.1) is 0 Å². The van der Waals surface area contributed by atoms with Gasteiger partial charge in [-0.1, -0.05) is 12.1 Å². The fourth-order valence-corrected chi connectivity index (χ4v) is 4.57. The van der Waals surface area contributed by atoms with Gasteiger partial charge in [0.2, 0.25) is 5.91 Å². The van der Waals surface area contributed by atoms with E-state index in [4.69, 9.17) is 4.74 Å². The highest BCUT2D eigenvalue weighted by atomic mass is 16.5. The third kappa shape index (κ3) is 5.02. The van der Waals surface area contributed by atoms with Crippen LogP contribution in [0.15, 0.2) is 24.3 Å². The second-order valence-electron chi connectivity index (χ2n) is 8.48. The first-order valence-corrected chi connectivity index (χ1v) is 10.6. The van der Waals surface area contributed by atoms with Crippen LogP contribution in [0.4, 0.5) is 0 Å². The van der Waals surface area contributed by atoms with Crippen molar-refractivity contribution in [2.75, 3.05) is 33.3 Å². The first kappa shape index (κ1) is 18.8. The Kier molecular flexibility index (Phi) is 5.98. The lowest BCUT2D eigenvalue weighted by Crippen LogP contribution is -2.50. The van der Waals surface area contributed by atoms with Gasteiger partial charge in [-0.05, 0) is 75.9 Å². The number of carbonyl (C=O) groups is 1. The van der Waals surface area contributed by atoms with Crippen LogP contribution in [-0.4, -0.2) is 61.1 Å². The predicted molar refractivity (Wildman–Crippen MR) is 107 cm³/mol. The number of amides is 1. The molecule has 1 saturated carbocycles. The molecule has 1 aliphatic carbocycles. The zero-order valence-corrected chi connectivity index (χ0v) is 16.5. The standard InChI is InChI=1S/C22H33N3O2/c1-27-21-6-2-4-17(14-21)15-24-12-9-20(10-13-24)25-11-3-5-18(16-25)22(26)23-19-7-8-19/h2,4,6,14,18-20H,3,5,7-13,15-16H2,1H3,(H,23,26). The molecule has 1 aromatic rings. The van der Waals surface area contributed by atoms with Crippen molar-refractivity contribution in [2.24, 2.45) is 5.92 Å². The van der Waals surface area contributed by atoms with Crippen molar-refractivity contribution in [1.82, 2.24) is 15.1 Å². The molecule has 1 atom stereocenters. The number of carbonyl (C=O) groups excluding carboxylic acids is 1. The van der Waals surface area contributed by atoms with Crippen molar-refractivity contribution in [2.45, 2.75) is 57.2 Å². The minimum absolute atomic E-state index is 0.203. The van der Waals surface area contributed by atoms with Crippen LogP contribution in [0.5, 0.6) is 5.75 Å². The Morgan fingerprint density at radius 1 is 1.15 bits per heavy atom. The number of hydrogen-bond donors (Lipinski definition) is 1. The minimum atomic E-state index is 0.203. The van der Waals surface area contributed by atoms with Gasteiger partial charge in [-0.2, -0.15) is 0 Å². The van der Waals surface area contributed by atoms with E-state index in [9.17, 15) is 4.79 Å². The molecule has 5 heteroatoms. The van der Waals surface area contributed by atoms with Crippen molar-refractivity contribution in [3.05, 3.63) is 29.8 Å². The van der Waals surface area contributed by atoms with E-state index in [1.54, 1.807) is 7.11 Å². The number of nitrogens with zero attached hydrogens (tertiary/aromatic N) is 2. The molecule has 2 aliphatic heterocycles. The molecule has 1 aromatic carbocycles. The first-order chi connectivity index (χ1) is 13.2. The van der Waals surface area contributed by atoms with Gasteiger partial charge < -0.3 is 10.1 Å². The fraction of sp³-hybridized carbons (Fsp3) is 0.682. The summed E-state index contributed by atoms with van der Waals surface area (Å²) < 4.78 is 5.34. The van der Waals surface area contributed by atoms with Gasteiger partial charge in [0.15, 0.2) is 0 Å². The molecule has 0 spiro atoms. The number of ether oxygens (including phenoxy) is 1. The van der Waals surface area contributed by atoms with Crippen LogP contribution in [0.3, 0.4) is 0 Å². The summed E-state index contributed by atoms with van der Waals surface area (Å²) in [6, 6.07) is 9.52. The number of methoxy groups -OCH3 is 1. The summed E-state index contributed by atoms with van der Waals surface area (Å²) in [4.78, 5) is 17.6. The van der Waals surface area contributed by atoms with Crippen LogP contribution in [0.25, 0.3) is 0 Å². The van der Waals surface area contributed by atoms with E-state index in [0.717, 1.165) is 51.3 Å².